The molecule has 0 aliphatic carbocycles. The van der Waals surface area contributed by atoms with Crippen LogP contribution < -0.4 is 20.4 Å². The SMILES string of the molecule is COc1cc2c(c3oc(=O)c(CC(=O)NCc4nc(-c5ccccc5)no4)c(C)c13)CCC(C)(C)O2. The first kappa shape index (κ1) is 23.6. The molecule has 1 aliphatic rings. The monoisotopic (exact) mass is 489 g/mol. The second kappa shape index (κ2) is 9.14. The highest BCUT2D eigenvalue weighted by atomic mass is 16.5. The van der Waals surface area contributed by atoms with Crippen LogP contribution in [0.3, 0.4) is 0 Å². The van der Waals surface area contributed by atoms with E-state index in [0.717, 1.165) is 17.5 Å². The largest absolute Gasteiger partial charge is 0.496 e. The van der Waals surface area contributed by atoms with Gasteiger partial charge < -0.3 is 23.7 Å². The van der Waals surface area contributed by atoms with Gasteiger partial charge in [0.25, 0.3) is 0 Å². The number of carbonyl (C=O) groups excluding carboxylic acids is 1. The van der Waals surface area contributed by atoms with Crippen molar-refractivity contribution in [1.29, 1.82) is 0 Å². The zero-order valence-corrected chi connectivity index (χ0v) is 20.6. The lowest BCUT2D eigenvalue weighted by Gasteiger charge is -2.33. The number of fused-ring (bicyclic) bond motifs is 3. The van der Waals surface area contributed by atoms with Crippen molar-refractivity contribution in [1.82, 2.24) is 15.5 Å². The molecule has 0 saturated carbocycles. The van der Waals surface area contributed by atoms with Crippen LogP contribution in [-0.4, -0.2) is 28.8 Å². The first-order valence-electron chi connectivity index (χ1n) is 11.8. The Bertz CT molecular complexity index is 1500. The number of aryl methyl sites for hydroxylation is 2. The maximum Gasteiger partial charge on any atom is 0.340 e. The van der Waals surface area contributed by atoms with E-state index >= 15 is 0 Å². The van der Waals surface area contributed by atoms with Gasteiger partial charge in [0.15, 0.2) is 0 Å². The molecule has 0 saturated heterocycles. The zero-order valence-electron chi connectivity index (χ0n) is 20.6. The lowest BCUT2D eigenvalue weighted by molar-refractivity contribution is -0.120. The Hall–Kier alpha value is -4.14. The summed E-state index contributed by atoms with van der Waals surface area (Å²) in [5.74, 6) is 1.52. The molecule has 2 aromatic heterocycles. The molecule has 4 aromatic rings. The molecule has 0 spiro atoms. The quantitative estimate of drug-likeness (QED) is 0.402. The Labute approximate surface area is 207 Å². The van der Waals surface area contributed by atoms with Gasteiger partial charge in [-0.05, 0) is 39.2 Å². The number of hydrogen-bond donors (Lipinski definition) is 1. The highest BCUT2D eigenvalue weighted by molar-refractivity contribution is 5.93. The second-order valence-corrected chi connectivity index (χ2v) is 9.45. The summed E-state index contributed by atoms with van der Waals surface area (Å²) in [6.07, 6.45) is 1.34. The predicted molar refractivity (Wildman–Crippen MR) is 132 cm³/mol. The molecule has 1 aliphatic heterocycles. The smallest absolute Gasteiger partial charge is 0.340 e. The minimum atomic E-state index is -0.556. The van der Waals surface area contributed by atoms with Gasteiger partial charge in [0.1, 0.15) is 22.7 Å². The van der Waals surface area contributed by atoms with E-state index in [0.29, 0.717) is 40.3 Å². The number of hydrogen-bond acceptors (Lipinski definition) is 8. The fourth-order valence-corrected chi connectivity index (χ4v) is 4.48. The van der Waals surface area contributed by atoms with Gasteiger partial charge in [-0.1, -0.05) is 35.5 Å². The third-order valence-corrected chi connectivity index (χ3v) is 6.43. The molecule has 0 unspecified atom stereocenters. The number of nitrogens with one attached hydrogen (secondary N) is 1. The van der Waals surface area contributed by atoms with Crippen LogP contribution in [0, 0.1) is 6.92 Å². The molecule has 0 radical (unpaired) electrons. The normalized spacial score (nSPS) is 14.2. The minimum absolute atomic E-state index is 0.0422. The van der Waals surface area contributed by atoms with Crippen LogP contribution in [0.1, 0.15) is 42.8 Å². The highest BCUT2D eigenvalue weighted by Gasteiger charge is 2.31. The molecule has 2 aromatic carbocycles. The molecule has 1 amide bonds. The van der Waals surface area contributed by atoms with E-state index in [4.69, 9.17) is 18.4 Å². The van der Waals surface area contributed by atoms with Crippen LogP contribution in [-0.2, 0) is 24.2 Å². The van der Waals surface area contributed by atoms with Crippen molar-refractivity contribution in [2.75, 3.05) is 7.11 Å². The van der Waals surface area contributed by atoms with Gasteiger partial charge in [-0.15, -0.1) is 0 Å². The first-order valence-corrected chi connectivity index (χ1v) is 11.8. The van der Waals surface area contributed by atoms with E-state index in [9.17, 15) is 9.59 Å². The lowest BCUT2D eigenvalue weighted by atomic mass is 9.91. The number of rotatable bonds is 6. The van der Waals surface area contributed by atoms with E-state index in [1.54, 1.807) is 14.0 Å². The Morgan fingerprint density at radius 1 is 1.22 bits per heavy atom. The average Bonchev–Trinajstić information content (AvgIpc) is 3.33. The van der Waals surface area contributed by atoms with Crippen LogP contribution in [0.25, 0.3) is 22.4 Å². The van der Waals surface area contributed by atoms with Gasteiger partial charge in [0.2, 0.25) is 17.6 Å². The van der Waals surface area contributed by atoms with Crippen molar-refractivity contribution in [2.45, 2.75) is 52.2 Å². The average molecular weight is 490 g/mol. The number of amides is 1. The van der Waals surface area contributed by atoms with Crippen molar-refractivity contribution in [2.24, 2.45) is 0 Å². The van der Waals surface area contributed by atoms with Gasteiger partial charge in [0, 0.05) is 17.2 Å². The van der Waals surface area contributed by atoms with Crippen LogP contribution >= 0.6 is 0 Å². The topological polar surface area (TPSA) is 117 Å². The Kier molecular flexibility index (Phi) is 5.99. The maximum atomic E-state index is 13.0. The zero-order chi connectivity index (χ0) is 25.4. The summed E-state index contributed by atoms with van der Waals surface area (Å²) in [6.45, 7) is 5.88. The molecule has 1 N–H and O–H groups in total. The summed E-state index contributed by atoms with van der Waals surface area (Å²) in [7, 11) is 1.56. The molecular formula is C27H27N3O6. The first-order chi connectivity index (χ1) is 17.3. The number of aromatic nitrogens is 2. The number of carbonyl (C=O) groups is 1. The number of benzene rings is 2. The van der Waals surface area contributed by atoms with Crippen LogP contribution in [0.15, 0.2) is 50.1 Å². The van der Waals surface area contributed by atoms with Gasteiger partial charge in [-0.2, -0.15) is 4.98 Å². The summed E-state index contributed by atoms with van der Waals surface area (Å²) >= 11 is 0. The fourth-order valence-electron chi connectivity index (χ4n) is 4.48. The summed E-state index contributed by atoms with van der Waals surface area (Å²) in [4.78, 5) is 30.0. The fraction of sp³-hybridized carbons (Fsp3) is 0.333. The van der Waals surface area contributed by atoms with E-state index < -0.39 is 5.63 Å². The van der Waals surface area contributed by atoms with E-state index in [-0.39, 0.29) is 35.9 Å². The number of nitrogens with zero attached hydrogens (tertiary/aromatic N) is 2. The molecule has 3 heterocycles. The van der Waals surface area contributed by atoms with Crippen molar-refractivity contribution < 1.29 is 23.2 Å². The lowest BCUT2D eigenvalue weighted by Crippen LogP contribution is -2.32. The Morgan fingerprint density at radius 2 is 2.00 bits per heavy atom. The molecule has 186 valence electrons. The van der Waals surface area contributed by atoms with E-state index in [2.05, 4.69) is 15.5 Å². The van der Waals surface area contributed by atoms with Crippen LogP contribution in [0.4, 0.5) is 0 Å². The summed E-state index contributed by atoms with van der Waals surface area (Å²) < 4.78 is 22.7. The molecule has 0 fully saturated rings. The van der Waals surface area contributed by atoms with E-state index in [1.165, 1.54) is 0 Å². The van der Waals surface area contributed by atoms with Crippen molar-refractivity contribution in [3.63, 3.8) is 0 Å². The summed E-state index contributed by atoms with van der Waals surface area (Å²) in [6, 6.07) is 11.2. The predicted octanol–water partition coefficient (Wildman–Crippen LogP) is 4.12. The highest BCUT2D eigenvalue weighted by Crippen LogP contribution is 2.43. The third kappa shape index (κ3) is 4.44. The molecule has 5 rings (SSSR count). The maximum absolute atomic E-state index is 13.0. The molecule has 9 heteroatoms. The van der Waals surface area contributed by atoms with Crippen molar-refractivity contribution >= 4 is 16.9 Å². The third-order valence-electron chi connectivity index (χ3n) is 6.43. The molecule has 0 atom stereocenters. The van der Waals surface area contributed by atoms with Crippen LogP contribution in [0.2, 0.25) is 0 Å². The molecular weight excluding hydrogens is 462 g/mol. The molecule has 36 heavy (non-hydrogen) atoms. The van der Waals surface area contributed by atoms with Gasteiger partial charge in [0.05, 0.1) is 31.0 Å². The molecule has 0 bridgehead atoms. The van der Waals surface area contributed by atoms with Crippen LogP contribution in [0.5, 0.6) is 11.5 Å². The minimum Gasteiger partial charge on any atom is -0.496 e. The standard InChI is InChI=1S/C27H27N3O6/c1-15-18(12-21(31)28-14-22-29-25(30-36-22)16-8-6-5-7-9-16)26(32)34-24-17-10-11-27(2,3)35-19(17)13-20(33-4)23(15)24/h5-9,13H,10-12,14H2,1-4H3,(H,28,31). The Morgan fingerprint density at radius 3 is 2.75 bits per heavy atom. The summed E-state index contributed by atoms with van der Waals surface area (Å²) in [5.41, 5.74) is 2.14. The van der Waals surface area contributed by atoms with Gasteiger partial charge in [-0.3, -0.25) is 4.79 Å². The van der Waals surface area contributed by atoms with Crippen molar-refractivity contribution in [3.8, 4) is 22.9 Å². The van der Waals surface area contributed by atoms with E-state index in [1.807, 2.05) is 50.2 Å². The summed E-state index contributed by atoms with van der Waals surface area (Å²) in [5, 5.41) is 7.36. The van der Waals surface area contributed by atoms with Gasteiger partial charge in [-0.25, -0.2) is 4.79 Å². The number of methoxy groups -OCH3 is 1. The Balaban J connectivity index is 1.38. The second-order valence-electron chi connectivity index (χ2n) is 9.45. The van der Waals surface area contributed by atoms with Gasteiger partial charge >= 0.3 is 5.63 Å². The number of ether oxygens (including phenoxy) is 2. The molecule has 9 nitrogen and oxygen atoms in total. The van der Waals surface area contributed by atoms with Crippen molar-refractivity contribution in [3.05, 3.63) is 69.4 Å².